The fourth-order valence-electron chi connectivity index (χ4n) is 6.94. The Morgan fingerprint density at radius 2 is 1.36 bits per heavy atom. The maximum absolute atomic E-state index is 2.40. The predicted molar refractivity (Wildman–Crippen MR) is 122 cm³/mol. The van der Waals surface area contributed by atoms with Crippen LogP contribution in [0.1, 0.15) is 101 Å². The molecule has 4 rings (SSSR count). The minimum atomic E-state index is 0.839. The predicted octanol–water partition coefficient (Wildman–Crippen LogP) is 8.46. The third kappa shape index (κ3) is 4.92. The van der Waals surface area contributed by atoms with Crippen LogP contribution in [-0.2, 0) is 0 Å². The van der Waals surface area contributed by atoms with Crippen LogP contribution in [0.4, 0.5) is 0 Å². The molecule has 0 heterocycles. The average Bonchev–Trinajstić information content (AvgIpc) is 2.74. The molecule has 0 amide bonds. The Morgan fingerprint density at radius 1 is 0.750 bits per heavy atom. The van der Waals surface area contributed by atoms with E-state index in [-0.39, 0.29) is 0 Å². The van der Waals surface area contributed by atoms with Gasteiger partial charge in [-0.05, 0) is 119 Å². The Balaban J connectivity index is 1.25. The van der Waals surface area contributed by atoms with Gasteiger partial charge < -0.3 is 0 Å². The standard InChI is InChI=1S/C28H42/c1-3-4-5-6-22-9-13-24(14-10-22)26-16-18-27-19-25(15-17-28(27)20-26)23-11-7-21(2)8-12-23/h3-4,7-8,11-12,22,24-28H,5-6,9-10,13-20H2,1-2H3/b4-3+. The summed E-state index contributed by atoms with van der Waals surface area (Å²) in [4.78, 5) is 0. The van der Waals surface area contributed by atoms with Gasteiger partial charge in [0.25, 0.3) is 0 Å². The summed E-state index contributed by atoms with van der Waals surface area (Å²) < 4.78 is 0. The van der Waals surface area contributed by atoms with Crippen LogP contribution in [0.25, 0.3) is 0 Å². The molecule has 3 aliphatic rings. The molecule has 154 valence electrons. The number of hydrogen-bond acceptors (Lipinski definition) is 0. The average molecular weight is 379 g/mol. The first-order valence-electron chi connectivity index (χ1n) is 12.4. The topological polar surface area (TPSA) is 0 Å². The van der Waals surface area contributed by atoms with E-state index in [2.05, 4.69) is 50.3 Å². The molecule has 0 radical (unpaired) electrons. The van der Waals surface area contributed by atoms with Crippen LogP contribution in [0.3, 0.4) is 0 Å². The van der Waals surface area contributed by atoms with E-state index in [9.17, 15) is 0 Å². The Morgan fingerprint density at radius 3 is 2.07 bits per heavy atom. The normalized spacial score (nSPS) is 36.4. The van der Waals surface area contributed by atoms with Gasteiger partial charge in [-0.25, -0.2) is 0 Å². The summed E-state index contributed by atoms with van der Waals surface area (Å²) >= 11 is 0. The molecule has 0 spiro atoms. The van der Waals surface area contributed by atoms with Crippen LogP contribution >= 0.6 is 0 Å². The van der Waals surface area contributed by atoms with Crippen molar-refractivity contribution >= 4 is 0 Å². The van der Waals surface area contributed by atoms with Gasteiger partial charge in [0.15, 0.2) is 0 Å². The largest absolute Gasteiger partial charge is 0.0917 e. The number of fused-ring (bicyclic) bond motifs is 1. The number of aryl methyl sites for hydroxylation is 1. The van der Waals surface area contributed by atoms with Gasteiger partial charge in [0.2, 0.25) is 0 Å². The molecule has 0 aliphatic heterocycles. The van der Waals surface area contributed by atoms with Crippen LogP contribution in [0.5, 0.6) is 0 Å². The molecule has 1 aromatic carbocycles. The van der Waals surface area contributed by atoms with E-state index in [1.807, 2.05) is 0 Å². The maximum Gasteiger partial charge on any atom is -0.0159 e. The molecule has 0 N–H and O–H groups in total. The van der Waals surface area contributed by atoms with Crippen molar-refractivity contribution in [2.45, 2.75) is 96.8 Å². The molecule has 4 atom stereocenters. The molecule has 0 bridgehead atoms. The molecule has 3 fully saturated rings. The molecule has 0 saturated heterocycles. The SMILES string of the molecule is C/C=C/CCC1CCC(C2CCC3CC(c4ccc(C)cc4)CCC3C2)CC1. The molecule has 0 aromatic heterocycles. The van der Waals surface area contributed by atoms with Crippen molar-refractivity contribution < 1.29 is 0 Å². The van der Waals surface area contributed by atoms with Crippen molar-refractivity contribution in [2.75, 3.05) is 0 Å². The van der Waals surface area contributed by atoms with Gasteiger partial charge in [-0.1, -0.05) is 54.8 Å². The second kappa shape index (κ2) is 9.64. The van der Waals surface area contributed by atoms with E-state index in [1.165, 1.54) is 76.2 Å². The summed E-state index contributed by atoms with van der Waals surface area (Å²) in [5.41, 5.74) is 3.01. The highest BCUT2D eigenvalue weighted by Crippen LogP contribution is 2.51. The summed E-state index contributed by atoms with van der Waals surface area (Å²) in [6.45, 7) is 4.36. The Labute approximate surface area is 174 Å². The number of benzene rings is 1. The molecular weight excluding hydrogens is 336 g/mol. The Kier molecular flexibility index (Phi) is 6.97. The van der Waals surface area contributed by atoms with E-state index in [4.69, 9.17) is 0 Å². The fraction of sp³-hybridized carbons (Fsp3) is 0.714. The smallest absolute Gasteiger partial charge is 0.0159 e. The van der Waals surface area contributed by atoms with E-state index in [0.717, 1.165) is 35.5 Å². The maximum atomic E-state index is 2.40. The first-order chi connectivity index (χ1) is 13.7. The second-order valence-electron chi connectivity index (χ2n) is 10.4. The Hall–Kier alpha value is -1.04. The van der Waals surface area contributed by atoms with Crippen molar-refractivity contribution in [3.05, 3.63) is 47.5 Å². The third-order valence-corrected chi connectivity index (χ3v) is 8.74. The van der Waals surface area contributed by atoms with Gasteiger partial charge in [0.1, 0.15) is 0 Å². The third-order valence-electron chi connectivity index (χ3n) is 8.74. The Bertz CT molecular complexity index is 616. The lowest BCUT2D eigenvalue weighted by Gasteiger charge is -2.45. The molecule has 4 unspecified atom stereocenters. The minimum Gasteiger partial charge on any atom is -0.0917 e. The number of rotatable bonds is 5. The highest BCUT2D eigenvalue weighted by molar-refractivity contribution is 5.25. The molecular formula is C28H42. The lowest BCUT2D eigenvalue weighted by atomic mass is 9.60. The quantitative estimate of drug-likeness (QED) is 0.451. The first kappa shape index (κ1) is 20.2. The molecule has 3 aliphatic carbocycles. The number of allylic oxidation sites excluding steroid dienone is 2. The van der Waals surface area contributed by atoms with Crippen LogP contribution in [-0.4, -0.2) is 0 Å². The zero-order valence-corrected chi connectivity index (χ0v) is 18.4. The van der Waals surface area contributed by atoms with Gasteiger partial charge in [0, 0.05) is 0 Å². The van der Waals surface area contributed by atoms with Gasteiger partial charge >= 0.3 is 0 Å². The van der Waals surface area contributed by atoms with Gasteiger partial charge in [-0.2, -0.15) is 0 Å². The van der Waals surface area contributed by atoms with Crippen molar-refractivity contribution in [3.63, 3.8) is 0 Å². The fourth-order valence-corrected chi connectivity index (χ4v) is 6.94. The van der Waals surface area contributed by atoms with Crippen LogP contribution < -0.4 is 0 Å². The van der Waals surface area contributed by atoms with E-state index in [1.54, 1.807) is 12.0 Å². The molecule has 0 heteroatoms. The second-order valence-corrected chi connectivity index (χ2v) is 10.4. The van der Waals surface area contributed by atoms with Crippen molar-refractivity contribution in [1.82, 2.24) is 0 Å². The molecule has 1 aromatic rings. The van der Waals surface area contributed by atoms with Gasteiger partial charge in [0.05, 0.1) is 0 Å². The first-order valence-corrected chi connectivity index (χ1v) is 12.4. The van der Waals surface area contributed by atoms with Crippen LogP contribution in [0, 0.1) is 36.5 Å². The zero-order chi connectivity index (χ0) is 19.3. The monoisotopic (exact) mass is 378 g/mol. The van der Waals surface area contributed by atoms with Crippen LogP contribution in [0.15, 0.2) is 36.4 Å². The van der Waals surface area contributed by atoms with Gasteiger partial charge in [-0.15, -0.1) is 0 Å². The van der Waals surface area contributed by atoms with Crippen molar-refractivity contribution in [1.29, 1.82) is 0 Å². The molecule has 28 heavy (non-hydrogen) atoms. The highest BCUT2D eigenvalue weighted by Gasteiger charge is 2.38. The summed E-state index contributed by atoms with van der Waals surface area (Å²) in [7, 11) is 0. The van der Waals surface area contributed by atoms with E-state index >= 15 is 0 Å². The summed E-state index contributed by atoms with van der Waals surface area (Å²) in [6.07, 6.45) is 22.5. The van der Waals surface area contributed by atoms with E-state index in [0.29, 0.717) is 0 Å². The lowest BCUT2D eigenvalue weighted by molar-refractivity contribution is 0.0713. The summed E-state index contributed by atoms with van der Waals surface area (Å²) in [6, 6.07) is 9.43. The highest BCUT2D eigenvalue weighted by atomic mass is 14.4. The molecule has 0 nitrogen and oxygen atoms in total. The van der Waals surface area contributed by atoms with Crippen LogP contribution in [0.2, 0.25) is 0 Å². The lowest BCUT2D eigenvalue weighted by Crippen LogP contribution is -2.34. The van der Waals surface area contributed by atoms with Crippen molar-refractivity contribution in [3.8, 4) is 0 Å². The van der Waals surface area contributed by atoms with E-state index < -0.39 is 0 Å². The van der Waals surface area contributed by atoms with Gasteiger partial charge in [-0.3, -0.25) is 0 Å². The summed E-state index contributed by atoms with van der Waals surface area (Å²) in [5.74, 6) is 6.06. The number of hydrogen-bond donors (Lipinski definition) is 0. The summed E-state index contributed by atoms with van der Waals surface area (Å²) in [5, 5.41) is 0. The minimum absolute atomic E-state index is 0.839. The van der Waals surface area contributed by atoms with Crippen molar-refractivity contribution in [2.24, 2.45) is 29.6 Å². The molecule has 3 saturated carbocycles. The zero-order valence-electron chi connectivity index (χ0n) is 18.4.